The molecule has 0 aromatic carbocycles. The van der Waals surface area contributed by atoms with Gasteiger partial charge in [0, 0.05) is 5.92 Å². The zero-order chi connectivity index (χ0) is 10.7. The van der Waals surface area contributed by atoms with Gasteiger partial charge in [-0.2, -0.15) is 8.78 Å². The lowest BCUT2D eigenvalue weighted by atomic mass is 10.0. The third-order valence-electron chi connectivity index (χ3n) is 3.67. The lowest BCUT2D eigenvalue weighted by Crippen LogP contribution is -2.33. The molecular formula is C9H14F2O2. The SMILES string of the molecule is CC1(C)C(C(F)(F)C(=O)O)C1(C)C. The summed E-state index contributed by atoms with van der Waals surface area (Å²) in [4.78, 5) is 10.3. The van der Waals surface area contributed by atoms with Gasteiger partial charge >= 0.3 is 11.9 Å². The van der Waals surface area contributed by atoms with Crippen LogP contribution >= 0.6 is 0 Å². The standard InChI is InChI=1S/C9H14F2O2/c1-7(2)5(8(7,3)4)9(10,11)6(12)13/h5H,1-4H3,(H,12,13). The Balaban J connectivity index is 2.96. The molecule has 0 spiro atoms. The highest BCUT2D eigenvalue weighted by molar-refractivity contribution is 5.77. The molecule has 1 aliphatic carbocycles. The van der Waals surface area contributed by atoms with Crippen LogP contribution in [-0.4, -0.2) is 17.0 Å². The van der Waals surface area contributed by atoms with E-state index in [9.17, 15) is 13.6 Å². The fourth-order valence-electron chi connectivity index (χ4n) is 2.23. The molecule has 0 amide bonds. The molecule has 0 radical (unpaired) electrons. The van der Waals surface area contributed by atoms with Crippen molar-refractivity contribution in [2.75, 3.05) is 0 Å². The summed E-state index contributed by atoms with van der Waals surface area (Å²) >= 11 is 0. The molecule has 1 rings (SSSR count). The highest BCUT2D eigenvalue weighted by Gasteiger charge is 2.76. The van der Waals surface area contributed by atoms with E-state index in [0.717, 1.165) is 0 Å². The Morgan fingerprint density at radius 2 is 1.54 bits per heavy atom. The third-order valence-corrected chi connectivity index (χ3v) is 3.67. The highest BCUT2D eigenvalue weighted by Crippen LogP contribution is 2.73. The summed E-state index contributed by atoms with van der Waals surface area (Å²) in [6.07, 6.45) is 0. The predicted molar refractivity (Wildman–Crippen MR) is 43.6 cm³/mol. The van der Waals surface area contributed by atoms with Gasteiger partial charge in [-0.3, -0.25) is 0 Å². The van der Waals surface area contributed by atoms with E-state index in [1.165, 1.54) is 0 Å². The van der Waals surface area contributed by atoms with Gasteiger partial charge in [0.15, 0.2) is 0 Å². The van der Waals surface area contributed by atoms with Crippen LogP contribution in [-0.2, 0) is 4.79 Å². The number of carboxylic acid groups (broad SMARTS) is 1. The van der Waals surface area contributed by atoms with Crippen LogP contribution in [0.4, 0.5) is 8.78 Å². The van der Waals surface area contributed by atoms with E-state index in [0.29, 0.717) is 0 Å². The van der Waals surface area contributed by atoms with Gasteiger partial charge in [0.1, 0.15) is 0 Å². The summed E-state index contributed by atoms with van der Waals surface area (Å²) in [5, 5.41) is 8.37. The predicted octanol–water partition coefficient (Wildman–Crippen LogP) is 2.39. The van der Waals surface area contributed by atoms with Gasteiger partial charge in [0.25, 0.3) is 0 Å². The Kier molecular flexibility index (Phi) is 1.78. The monoisotopic (exact) mass is 192 g/mol. The number of aliphatic carboxylic acids is 1. The quantitative estimate of drug-likeness (QED) is 0.729. The highest BCUT2D eigenvalue weighted by atomic mass is 19.3. The number of hydrogen-bond donors (Lipinski definition) is 1. The van der Waals surface area contributed by atoms with E-state index < -0.39 is 28.6 Å². The van der Waals surface area contributed by atoms with Crippen LogP contribution in [0, 0.1) is 16.7 Å². The molecule has 2 nitrogen and oxygen atoms in total. The number of halogens is 2. The van der Waals surface area contributed by atoms with Crippen LogP contribution in [0.15, 0.2) is 0 Å². The van der Waals surface area contributed by atoms with E-state index in [1.54, 1.807) is 27.7 Å². The normalized spacial score (nSPS) is 25.7. The Morgan fingerprint density at radius 3 is 1.62 bits per heavy atom. The summed E-state index contributed by atoms with van der Waals surface area (Å²) in [5.74, 6) is -6.69. The maximum absolute atomic E-state index is 13.1. The summed E-state index contributed by atoms with van der Waals surface area (Å²) in [5.41, 5.74) is -1.20. The van der Waals surface area contributed by atoms with Crippen molar-refractivity contribution in [3.8, 4) is 0 Å². The number of alkyl halides is 2. The second kappa shape index (κ2) is 2.22. The minimum Gasteiger partial charge on any atom is -0.477 e. The number of carbonyl (C=O) groups is 1. The summed E-state index contributed by atoms with van der Waals surface area (Å²) in [6, 6.07) is 0. The van der Waals surface area contributed by atoms with Gasteiger partial charge in [-0.25, -0.2) is 4.79 Å². The molecule has 0 aromatic rings. The molecule has 76 valence electrons. The summed E-state index contributed by atoms with van der Waals surface area (Å²) in [6.45, 7) is 6.70. The van der Waals surface area contributed by atoms with Gasteiger partial charge in [0.2, 0.25) is 0 Å². The van der Waals surface area contributed by atoms with E-state index in [2.05, 4.69) is 0 Å². The Hall–Kier alpha value is -0.670. The zero-order valence-electron chi connectivity index (χ0n) is 8.19. The lowest BCUT2D eigenvalue weighted by molar-refractivity contribution is -0.170. The molecule has 0 saturated heterocycles. The maximum atomic E-state index is 13.1. The molecule has 4 heteroatoms. The van der Waals surface area contributed by atoms with Crippen molar-refractivity contribution in [1.29, 1.82) is 0 Å². The van der Waals surface area contributed by atoms with Crippen molar-refractivity contribution < 1.29 is 18.7 Å². The van der Waals surface area contributed by atoms with Crippen molar-refractivity contribution >= 4 is 5.97 Å². The second-order valence-electron chi connectivity index (χ2n) is 4.80. The van der Waals surface area contributed by atoms with Crippen molar-refractivity contribution in [3.63, 3.8) is 0 Å². The van der Waals surface area contributed by atoms with Gasteiger partial charge in [-0.15, -0.1) is 0 Å². The lowest BCUT2D eigenvalue weighted by Gasteiger charge is -2.12. The van der Waals surface area contributed by atoms with Crippen LogP contribution in [0.3, 0.4) is 0 Å². The smallest absolute Gasteiger partial charge is 0.374 e. The van der Waals surface area contributed by atoms with Crippen LogP contribution in [0.5, 0.6) is 0 Å². The van der Waals surface area contributed by atoms with Crippen LogP contribution in [0.2, 0.25) is 0 Å². The average molecular weight is 192 g/mol. The number of hydrogen-bond acceptors (Lipinski definition) is 1. The molecule has 0 atom stereocenters. The fourth-order valence-corrected chi connectivity index (χ4v) is 2.23. The third kappa shape index (κ3) is 1.07. The Labute approximate surface area is 75.9 Å². The molecule has 13 heavy (non-hydrogen) atoms. The molecule has 1 saturated carbocycles. The van der Waals surface area contributed by atoms with Crippen LogP contribution in [0.25, 0.3) is 0 Å². The molecule has 0 aliphatic heterocycles. The van der Waals surface area contributed by atoms with Crippen molar-refractivity contribution in [2.24, 2.45) is 16.7 Å². The molecule has 1 aliphatic rings. The van der Waals surface area contributed by atoms with Gasteiger partial charge in [-0.05, 0) is 10.8 Å². The molecule has 0 bridgehead atoms. The summed E-state index contributed by atoms with van der Waals surface area (Å²) < 4.78 is 26.2. The minimum atomic E-state index is -3.60. The van der Waals surface area contributed by atoms with Gasteiger partial charge in [0.05, 0.1) is 0 Å². The zero-order valence-corrected chi connectivity index (χ0v) is 8.19. The molecule has 0 unspecified atom stereocenters. The van der Waals surface area contributed by atoms with Crippen molar-refractivity contribution in [1.82, 2.24) is 0 Å². The van der Waals surface area contributed by atoms with E-state index >= 15 is 0 Å². The first-order valence-electron chi connectivity index (χ1n) is 4.17. The van der Waals surface area contributed by atoms with Gasteiger partial charge < -0.3 is 5.11 Å². The topological polar surface area (TPSA) is 37.3 Å². The van der Waals surface area contributed by atoms with Crippen LogP contribution < -0.4 is 0 Å². The Morgan fingerprint density at radius 1 is 1.23 bits per heavy atom. The number of carboxylic acids is 1. The van der Waals surface area contributed by atoms with E-state index in [-0.39, 0.29) is 0 Å². The number of rotatable bonds is 2. The largest absolute Gasteiger partial charge is 0.477 e. The molecule has 0 heterocycles. The molecular weight excluding hydrogens is 178 g/mol. The maximum Gasteiger partial charge on any atom is 0.374 e. The summed E-state index contributed by atoms with van der Waals surface area (Å²) in [7, 11) is 0. The first-order chi connectivity index (χ1) is 5.56. The van der Waals surface area contributed by atoms with Crippen molar-refractivity contribution in [2.45, 2.75) is 33.6 Å². The van der Waals surface area contributed by atoms with Crippen molar-refractivity contribution in [3.05, 3.63) is 0 Å². The first-order valence-corrected chi connectivity index (χ1v) is 4.17. The average Bonchev–Trinajstić information content (AvgIpc) is 2.23. The first kappa shape index (κ1) is 10.4. The fraction of sp³-hybridized carbons (Fsp3) is 0.889. The van der Waals surface area contributed by atoms with Crippen LogP contribution in [0.1, 0.15) is 27.7 Å². The molecule has 1 N–H and O–H groups in total. The molecule has 1 fully saturated rings. The van der Waals surface area contributed by atoms with E-state index in [1.807, 2.05) is 0 Å². The van der Waals surface area contributed by atoms with Gasteiger partial charge in [-0.1, -0.05) is 27.7 Å². The van der Waals surface area contributed by atoms with E-state index in [4.69, 9.17) is 5.11 Å². The Bertz CT molecular complexity index is 242. The molecule has 0 aromatic heterocycles. The minimum absolute atomic E-state index is 0.602. The second-order valence-corrected chi connectivity index (χ2v) is 4.80.